The van der Waals surface area contributed by atoms with E-state index in [4.69, 9.17) is 0 Å². The van der Waals surface area contributed by atoms with Crippen LogP contribution < -0.4 is 0 Å². The van der Waals surface area contributed by atoms with Crippen LogP contribution in [0.4, 0.5) is 0 Å². The van der Waals surface area contributed by atoms with Gasteiger partial charge in [0.2, 0.25) is 0 Å². The minimum absolute atomic E-state index is 0.115. The first-order chi connectivity index (χ1) is 5.11. The smallest absolute Gasteiger partial charge is 0.0542 e. The number of rotatable bonds is 4. The van der Waals surface area contributed by atoms with E-state index < -0.39 is 0 Å². The van der Waals surface area contributed by atoms with Crippen molar-refractivity contribution < 1.29 is 5.11 Å². The van der Waals surface area contributed by atoms with Gasteiger partial charge in [0.15, 0.2) is 0 Å². The molecule has 0 saturated heterocycles. The Morgan fingerprint density at radius 3 is 2.09 bits per heavy atom. The van der Waals surface area contributed by atoms with E-state index in [1.165, 1.54) is 19.3 Å². The predicted octanol–water partition coefficient (Wildman–Crippen LogP) is 2.44. The second-order valence-corrected chi connectivity index (χ2v) is 4.33. The number of hydrogen-bond acceptors (Lipinski definition) is 1. The molecule has 0 aromatic heterocycles. The third-order valence-corrected chi connectivity index (χ3v) is 2.78. The molecule has 2 atom stereocenters. The molecule has 0 spiro atoms. The van der Waals surface area contributed by atoms with Crippen LogP contribution in [0.25, 0.3) is 0 Å². The van der Waals surface area contributed by atoms with E-state index >= 15 is 0 Å². The second-order valence-electron chi connectivity index (χ2n) is 4.33. The molecule has 0 aromatic carbocycles. The lowest BCUT2D eigenvalue weighted by Crippen LogP contribution is -2.22. The van der Waals surface area contributed by atoms with Crippen molar-refractivity contribution >= 4 is 0 Å². The Labute approximate surface area is 69.8 Å². The Morgan fingerprint density at radius 2 is 1.82 bits per heavy atom. The molecule has 0 radical (unpaired) electrons. The third kappa shape index (κ3) is 2.82. The van der Waals surface area contributed by atoms with E-state index in [-0.39, 0.29) is 6.10 Å². The molecule has 0 heterocycles. The molecule has 0 bridgehead atoms. The van der Waals surface area contributed by atoms with Crippen molar-refractivity contribution in [1.82, 2.24) is 0 Å². The monoisotopic (exact) mass is 156 g/mol. The molecule has 1 nitrogen and oxygen atoms in total. The van der Waals surface area contributed by atoms with Crippen molar-refractivity contribution in [2.24, 2.45) is 17.8 Å². The van der Waals surface area contributed by atoms with Crippen molar-refractivity contribution in [3.63, 3.8) is 0 Å². The summed E-state index contributed by atoms with van der Waals surface area (Å²) in [6, 6.07) is 0. The van der Waals surface area contributed by atoms with Gasteiger partial charge in [-0.1, -0.05) is 26.7 Å². The summed E-state index contributed by atoms with van der Waals surface area (Å²) in [7, 11) is 0. The molecule has 66 valence electrons. The normalized spacial score (nSPS) is 23.7. The average Bonchev–Trinajstić information content (AvgIpc) is 2.63. The molecule has 0 aliphatic heterocycles. The zero-order valence-corrected chi connectivity index (χ0v) is 7.88. The van der Waals surface area contributed by atoms with Gasteiger partial charge in [-0.3, -0.25) is 0 Å². The standard InChI is InChI=1S/C10H20O/c1-7(2)10(8(3)11)6-9-4-5-9/h7-11H,4-6H2,1-3H3. The summed E-state index contributed by atoms with van der Waals surface area (Å²) < 4.78 is 0. The molecule has 0 aromatic rings. The van der Waals surface area contributed by atoms with Gasteiger partial charge in [0.25, 0.3) is 0 Å². The fraction of sp³-hybridized carbons (Fsp3) is 1.00. The highest BCUT2D eigenvalue weighted by Crippen LogP contribution is 2.38. The summed E-state index contributed by atoms with van der Waals surface area (Å²) >= 11 is 0. The summed E-state index contributed by atoms with van der Waals surface area (Å²) in [6.07, 6.45) is 3.93. The molecule has 1 saturated carbocycles. The van der Waals surface area contributed by atoms with Gasteiger partial charge in [0, 0.05) is 0 Å². The van der Waals surface area contributed by atoms with Crippen molar-refractivity contribution in [3.05, 3.63) is 0 Å². The van der Waals surface area contributed by atoms with Gasteiger partial charge in [0.05, 0.1) is 6.10 Å². The van der Waals surface area contributed by atoms with Gasteiger partial charge in [-0.25, -0.2) is 0 Å². The Hall–Kier alpha value is -0.0400. The maximum Gasteiger partial charge on any atom is 0.0542 e. The first-order valence-electron chi connectivity index (χ1n) is 4.79. The zero-order chi connectivity index (χ0) is 8.43. The number of hydrogen-bond donors (Lipinski definition) is 1. The molecular formula is C10H20O. The largest absolute Gasteiger partial charge is 0.393 e. The highest BCUT2D eigenvalue weighted by molar-refractivity contribution is 4.80. The van der Waals surface area contributed by atoms with E-state index in [2.05, 4.69) is 13.8 Å². The Bertz CT molecular complexity index is 106. The number of aliphatic hydroxyl groups excluding tert-OH is 1. The topological polar surface area (TPSA) is 20.2 Å². The summed E-state index contributed by atoms with van der Waals surface area (Å²) in [5.41, 5.74) is 0. The fourth-order valence-corrected chi connectivity index (χ4v) is 1.76. The lowest BCUT2D eigenvalue weighted by atomic mass is 9.86. The Kier molecular flexibility index (Phi) is 2.94. The van der Waals surface area contributed by atoms with Crippen molar-refractivity contribution in [1.29, 1.82) is 0 Å². The van der Waals surface area contributed by atoms with E-state index in [0.717, 1.165) is 5.92 Å². The minimum Gasteiger partial charge on any atom is -0.393 e. The molecule has 2 unspecified atom stereocenters. The number of aliphatic hydroxyl groups is 1. The minimum atomic E-state index is -0.115. The van der Waals surface area contributed by atoms with Crippen LogP contribution >= 0.6 is 0 Å². The van der Waals surface area contributed by atoms with Crippen LogP contribution in [-0.2, 0) is 0 Å². The molecule has 0 amide bonds. The third-order valence-electron chi connectivity index (χ3n) is 2.78. The van der Waals surface area contributed by atoms with Gasteiger partial charge < -0.3 is 5.11 Å². The summed E-state index contributed by atoms with van der Waals surface area (Å²) in [5, 5.41) is 9.46. The van der Waals surface area contributed by atoms with Crippen LogP contribution in [0, 0.1) is 17.8 Å². The van der Waals surface area contributed by atoms with Crippen molar-refractivity contribution in [3.8, 4) is 0 Å². The maximum atomic E-state index is 9.46. The second kappa shape index (κ2) is 3.57. The van der Waals surface area contributed by atoms with E-state index in [9.17, 15) is 5.11 Å². The summed E-state index contributed by atoms with van der Waals surface area (Å²) in [4.78, 5) is 0. The van der Waals surface area contributed by atoms with Crippen LogP contribution in [0.3, 0.4) is 0 Å². The molecule has 1 rings (SSSR count). The lowest BCUT2D eigenvalue weighted by Gasteiger charge is -2.23. The maximum absolute atomic E-state index is 9.46. The van der Waals surface area contributed by atoms with Gasteiger partial charge in [0.1, 0.15) is 0 Å². The SMILES string of the molecule is CC(C)C(CC1CC1)C(C)O. The van der Waals surface area contributed by atoms with Gasteiger partial charge >= 0.3 is 0 Å². The fourth-order valence-electron chi connectivity index (χ4n) is 1.76. The van der Waals surface area contributed by atoms with Gasteiger partial charge in [-0.15, -0.1) is 0 Å². The predicted molar refractivity (Wildman–Crippen MR) is 47.3 cm³/mol. The summed E-state index contributed by atoms with van der Waals surface area (Å²) in [6.45, 7) is 6.34. The lowest BCUT2D eigenvalue weighted by molar-refractivity contribution is 0.0882. The van der Waals surface area contributed by atoms with Crippen LogP contribution in [0.15, 0.2) is 0 Å². The van der Waals surface area contributed by atoms with Crippen LogP contribution in [-0.4, -0.2) is 11.2 Å². The van der Waals surface area contributed by atoms with E-state index in [0.29, 0.717) is 11.8 Å². The zero-order valence-electron chi connectivity index (χ0n) is 7.88. The first kappa shape index (κ1) is 9.05. The van der Waals surface area contributed by atoms with Gasteiger partial charge in [-0.2, -0.15) is 0 Å². The van der Waals surface area contributed by atoms with Crippen molar-refractivity contribution in [2.75, 3.05) is 0 Å². The van der Waals surface area contributed by atoms with Gasteiger partial charge in [-0.05, 0) is 31.1 Å². The Balaban J connectivity index is 2.31. The first-order valence-corrected chi connectivity index (χ1v) is 4.79. The molecule has 1 aliphatic rings. The van der Waals surface area contributed by atoms with Crippen molar-refractivity contribution in [2.45, 2.75) is 46.1 Å². The average molecular weight is 156 g/mol. The molecular weight excluding hydrogens is 136 g/mol. The Morgan fingerprint density at radius 1 is 1.27 bits per heavy atom. The molecule has 1 fully saturated rings. The summed E-state index contributed by atoms with van der Waals surface area (Å²) in [5.74, 6) is 2.11. The molecule has 11 heavy (non-hydrogen) atoms. The molecule has 1 heteroatoms. The van der Waals surface area contributed by atoms with E-state index in [1.54, 1.807) is 0 Å². The van der Waals surface area contributed by atoms with E-state index in [1.807, 2.05) is 6.92 Å². The van der Waals surface area contributed by atoms with Crippen LogP contribution in [0.2, 0.25) is 0 Å². The van der Waals surface area contributed by atoms with Crippen LogP contribution in [0.5, 0.6) is 0 Å². The highest BCUT2D eigenvalue weighted by Gasteiger charge is 2.29. The molecule has 1 N–H and O–H groups in total. The molecule has 1 aliphatic carbocycles. The highest BCUT2D eigenvalue weighted by atomic mass is 16.3. The van der Waals surface area contributed by atoms with Crippen LogP contribution in [0.1, 0.15) is 40.0 Å². The quantitative estimate of drug-likeness (QED) is 0.663.